The Morgan fingerprint density at radius 2 is 1.57 bits per heavy atom. The number of hydrogen-bond donors (Lipinski definition) is 0. The van der Waals surface area contributed by atoms with Crippen LogP contribution in [0.2, 0.25) is 0 Å². The minimum atomic E-state index is -2.90. The molecule has 30 heavy (non-hydrogen) atoms. The monoisotopic (exact) mass is 441 g/mol. The zero-order valence-corrected chi connectivity index (χ0v) is 22.1. The summed E-state index contributed by atoms with van der Waals surface area (Å²) in [5.41, 5.74) is 0.134. The second-order valence-electron chi connectivity index (χ2n) is 11.0. The number of nitrogens with zero attached hydrogens (tertiary/aromatic N) is 1. The molecule has 0 bridgehead atoms. The van der Waals surface area contributed by atoms with E-state index < -0.39 is 7.52 Å². The van der Waals surface area contributed by atoms with Crippen LogP contribution < -0.4 is 0 Å². The van der Waals surface area contributed by atoms with Gasteiger partial charge in [0.2, 0.25) is 0 Å². The maximum absolute atomic E-state index is 14.8. The first-order valence-corrected chi connectivity index (χ1v) is 14.8. The van der Waals surface area contributed by atoms with Crippen molar-refractivity contribution in [2.75, 3.05) is 19.7 Å². The molecule has 2 fully saturated rings. The fraction of sp³-hybridized carbons (Fsp3) is 1.00. The van der Waals surface area contributed by atoms with Gasteiger partial charge in [-0.15, -0.1) is 0 Å². The standard InChI is InChI=1S/C26H52NO2P/c1-7-11-12-15-19-25(5,8-2)22-29-30(28,26(6,9-3)10-4)27-20-18-23-16-13-14-17-24(23)21-27/h23-24H,7-22H2,1-6H3. The minimum Gasteiger partial charge on any atom is -0.316 e. The number of unbranched alkanes of at least 4 members (excludes halogenated alkanes) is 3. The second-order valence-corrected chi connectivity index (χ2v) is 13.9. The molecule has 2 aliphatic rings. The molecule has 0 spiro atoms. The summed E-state index contributed by atoms with van der Waals surface area (Å²) in [5, 5.41) is -0.245. The summed E-state index contributed by atoms with van der Waals surface area (Å²) in [6, 6.07) is 0. The van der Waals surface area contributed by atoms with Gasteiger partial charge in [-0.2, -0.15) is 0 Å². The maximum Gasteiger partial charge on any atom is 0.278 e. The SMILES string of the molecule is CCCCCCC(C)(CC)COP(=O)(N1CCC2CCCCC2C1)C(C)(CC)CC. The zero-order valence-electron chi connectivity index (χ0n) is 21.2. The Hall–Kier alpha value is 0.150. The third-order valence-corrected chi connectivity index (χ3v) is 12.5. The van der Waals surface area contributed by atoms with E-state index in [1.165, 1.54) is 64.2 Å². The smallest absolute Gasteiger partial charge is 0.278 e. The van der Waals surface area contributed by atoms with Gasteiger partial charge in [0.05, 0.1) is 11.8 Å². The largest absolute Gasteiger partial charge is 0.316 e. The van der Waals surface area contributed by atoms with Crippen molar-refractivity contribution in [1.82, 2.24) is 4.67 Å². The van der Waals surface area contributed by atoms with Crippen LogP contribution >= 0.6 is 7.52 Å². The highest BCUT2D eigenvalue weighted by atomic mass is 31.2. The second kappa shape index (κ2) is 11.9. The van der Waals surface area contributed by atoms with Crippen molar-refractivity contribution < 1.29 is 9.09 Å². The molecule has 0 aromatic carbocycles. The van der Waals surface area contributed by atoms with Crippen molar-refractivity contribution in [2.24, 2.45) is 17.3 Å². The Morgan fingerprint density at radius 3 is 2.17 bits per heavy atom. The van der Waals surface area contributed by atoms with E-state index in [4.69, 9.17) is 4.52 Å². The van der Waals surface area contributed by atoms with Gasteiger partial charge in [0.1, 0.15) is 0 Å². The van der Waals surface area contributed by atoms with E-state index in [2.05, 4.69) is 46.2 Å². The molecule has 1 aliphatic heterocycles. The summed E-state index contributed by atoms with van der Waals surface area (Å²) in [7, 11) is -2.90. The van der Waals surface area contributed by atoms with Gasteiger partial charge in [-0.25, -0.2) is 4.67 Å². The first-order valence-electron chi connectivity index (χ1n) is 13.3. The number of piperidine rings is 1. The summed E-state index contributed by atoms with van der Waals surface area (Å²) < 4.78 is 23.8. The van der Waals surface area contributed by atoms with Gasteiger partial charge in [-0.05, 0) is 62.7 Å². The first kappa shape index (κ1) is 26.4. The molecule has 4 atom stereocenters. The van der Waals surface area contributed by atoms with E-state index in [0.717, 1.165) is 44.2 Å². The topological polar surface area (TPSA) is 29.5 Å². The van der Waals surface area contributed by atoms with Crippen molar-refractivity contribution in [3.63, 3.8) is 0 Å². The molecular formula is C26H52NO2P. The van der Waals surface area contributed by atoms with E-state index in [-0.39, 0.29) is 10.6 Å². The summed E-state index contributed by atoms with van der Waals surface area (Å²) in [6.07, 6.45) is 15.9. The summed E-state index contributed by atoms with van der Waals surface area (Å²) in [5.74, 6) is 1.59. The first-order chi connectivity index (χ1) is 14.3. The molecule has 3 nitrogen and oxygen atoms in total. The van der Waals surface area contributed by atoms with Crippen LogP contribution in [0.5, 0.6) is 0 Å². The molecule has 0 radical (unpaired) electrons. The Balaban J connectivity index is 2.15. The predicted octanol–water partition coefficient (Wildman–Crippen LogP) is 8.67. The van der Waals surface area contributed by atoms with Crippen LogP contribution in [0.15, 0.2) is 0 Å². The minimum absolute atomic E-state index is 0.134. The molecule has 4 unspecified atom stereocenters. The molecule has 1 saturated heterocycles. The number of fused-ring (bicyclic) bond motifs is 1. The van der Waals surface area contributed by atoms with Crippen molar-refractivity contribution in [3.8, 4) is 0 Å². The van der Waals surface area contributed by atoms with E-state index in [1.807, 2.05) is 0 Å². The molecule has 0 amide bonds. The molecule has 0 aromatic rings. The summed E-state index contributed by atoms with van der Waals surface area (Å²) in [4.78, 5) is 0. The average Bonchev–Trinajstić information content (AvgIpc) is 2.79. The van der Waals surface area contributed by atoms with E-state index in [1.54, 1.807) is 0 Å². The lowest BCUT2D eigenvalue weighted by Crippen LogP contribution is -2.45. The quantitative estimate of drug-likeness (QED) is 0.211. The normalized spacial score (nSPS) is 27.3. The van der Waals surface area contributed by atoms with Gasteiger partial charge < -0.3 is 4.52 Å². The molecule has 2 rings (SSSR count). The van der Waals surface area contributed by atoms with Gasteiger partial charge in [0.15, 0.2) is 0 Å². The highest BCUT2D eigenvalue weighted by molar-refractivity contribution is 7.58. The van der Waals surface area contributed by atoms with Crippen LogP contribution in [0.3, 0.4) is 0 Å². The molecule has 0 N–H and O–H groups in total. The lowest BCUT2D eigenvalue weighted by Gasteiger charge is -2.49. The molecule has 1 heterocycles. The van der Waals surface area contributed by atoms with E-state index >= 15 is 0 Å². The van der Waals surface area contributed by atoms with Gasteiger partial charge in [0, 0.05) is 13.1 Å². The third-order valence-electron chi connectivity index (χ3n) is 8.92. The van der Waals surface area contributed by atoms with Crippen molar-refractivity contribution in [3.05, 3.63) is 0 Å². The van der Waals surface area contributed by atoms with Gasteiger partial charge in [-0.3, -0.25) is 4.57 Å². The van der Waals surface area contributed by atoms with Crippen molar-refractivity contribution >= 4 is 7.52 Å². The molecule has 1 aliphatic carbocycles. The molecule has 0 aromatic heterocycles. The van der Waals surface area contributed by atoms with Crippen LogP contribution in [-0.4, -0.2) is 29.5 Å². The zero-order chi connectivity index (χ0) is 22.3. The lowest BCUT2D eigenvalue weighted by molar-refractivity contribution is 0.0923. The van der Waals surface area contributed by atoms with Crippen LogP contribution in [-0.2, 0) is 9.09 Å². The number of rotatable bonds is 13. The Morgan fingerprint density at radius 1 is 0.900 bits per heavy atom. The molecular weight excluding hydrogens is 389 g/mol. The van der Waals surface area contributed by atoms with Crippen LogP contribution in [0.4, 0.5) is 0 Å². The van der Waals surface area contributed by atoms with Gasteiger partial charge >= 0.3 is 0 Å². The van der Waals surface area contributed by atoms with Crippen LogP contribution in [0.25, 0.3) is 0 Å². The Kier molecular flexibility index (Phi) is 10.4. The maximum atomic E-state index is 14.8. The lowest BCUT2D eigenvalue weighted by atomic mass is 9.76. The predicted molar refractivity (Wildman–Crippen MR) is 131 cm³/mol. The van der Waals surface area contributed by atoms with Crippen molar-refractivity contribution in [2.45, 2.75) is 130 Å². The highest BCUT2D eigenvalue weighted by Crippen LogP contribution is 2.66. The third kappa shape index (κ3) is 6.14. The highest BCUT2D eigenvalue weighted by Gasteiger charge is 2.50. The van der Waals surface area contributed by atoms with E-state index in [9.17, 15) is 4.57 Å². The molecule has 1 saturated carbocycles. The molecule has 178 valence electrons. The fourth-order valence-corrected chi connectivity index (χ4v) is 8.87. The average molecular weight is 442 g/mol. The summed E-state index contributed by atoms with van der Waals surface area (Å²) >= 11 is 0. The Labute approximate surface area is 188 Å². The van der Waals surface area contributed by atoms with E-state index in [0.29, 0.717) is 6.61 Å². The van der Waals surface area contributed by atoms with Crippen LogP contribution in [0.1, 0.15) is 125 Å². The number of hydrogen-bond acceptors (Lipinski definition) is 2. The van der Waals surface area contributed by atoms with Gasteiger partial charge in [-0.1, -0.05) is 79.6 Å². The summed E-state index contributed by atoms with van der Waals surface area (Å²) in [6.45, 7) is 16.1. The Bertz CT molecular complexity index is 547. The van der Waals surface area contributed by atoms with Crippen molar-refractivity contribution in [1.29, 1.82) is 0 Å². The molecule has 4 heteroatoms. The van der Waals surface area contributed by atoms with Crippen LogP contribution in [0, 0.1) is 17.3 Å². The fourth-order valence-electron chi connectivity index (χ4n) is 5.62. The van der Waals surface area contributed by atoms with Gasteiger partial charge in [0.25, 0.3) is 7.52 Å².